The minimum absolute atomic E-state index is 0.265. The number of hydrogen-bond acceptors (Lipinski definition) is 3. The maximum atomic E-state index is 12.2. The van der Waals surface area contributed by atoms with Gasteiger partial charge in [-0.05, 0) is 32.5 Å². The number of carbonyl (C=O) groups excluding carboxylic acids is 1. The highest BCUT2D eigenvalue weighted by Crippen LogP contribution is 2.19. The molecule has 2 heterocycles. The van der Waals surface area contributed by atoms with Crippen molar-refractivity contribution in [2.75, 3.05) is 45.9 Å². The van der Waals surface area contributed by atoms with Crippen LogP contribution in [0, 0.1) is 5.92 Å². The van der Waals surface area contributed by atoms with Gasteiger partial charge in [-0.25, -0.2) is 0 Å². The van der Waals surface area contributed by atoms with Gasteiger partial charge in [0.1, 0.15) is 0 Å². The molecule has 0 atom stereocenters. The van der Waals surface area contributed by atoms with Crippen molar-refractivity contribution in [3.8, 4) is 0 Å². The highest BCUT2D eigenvalue weighted by Gasteiger charge is 2.28. The van der Waals surface area contributed by atoms with Crippen molar-refractivity contribution in [3.05, 3.63) is 0 Å². The summed E-state index contributed by atoms with van der Waals surface area (Å²) in [5.74, 6) is 0.625. The van der Waals surface area contributed by atoms with Crippen LogP contribution in [0.3, 0.4) is 0 Å². The third-order valence-electron chi connectivity index (χ3n) is 3.71. The Morgan fingerprint density at radius 2 is 1.81 bits per heavy atom. The van der Waals surface area contributed by atoms with Gasteiger partial charge >= 0.3 is 0 Å². The lowest BCUT2D eigenvalue weighted by atomic mass is 9.95. The molecule has 0 aromatic heterocycles. The topological polar surface area (TPSA) is 32.8 Å². The summed E-state index contributed by atoms with van der Waals surface area (Å²) in [5.41, 5.74) is 0. The van der Waals surface area contributed by atoms with Crippen molar-refractivity contribution in [1.82, 2.24) is 9.80 Å². The molecule has 0 spiro atoms. The number of likely N-dealkylation sites (tertiary alicyclic amines) is 1. The first-order chi connectivity index (χ1) is 7.81. The second-order valence-electron chi connectivity index (χ2n) is 4.65. The molecule has 92 valence electrons. The summed E-state index contributed by atoms with van der Waals surface area (Å²) in [4.78, 5) is 16.6. The number of piperidine rings is 1. The van der Waals surface area contributed by atoms with Crippen molar-refractivity contribution >= 4 is 5.91 Å². The Hall–Kier alpha value is -0.610. The van der Waals surface area contributed by atoms with E-state index in [0.717, 1.165) is 45.6 Å². The molecule has 0 radical (unpaired) electrons. The fourth-order valence-electron chi connectivity index (χ4n) is 2.54. The fraction of sp³-hybridized carbons (Fsp3) is 0.917. The number of carbonyl (C=O) groups is 1. The average Bonchev–Trinajstić information content (AvgIpc) is 2.39. The summed E-state index contributed by atoms with van der Waals surface area (Å²) >= 11 is 0. The first kappa shape index (κ1) is 11.9. The van der Waals surface area contributed by atoms with Gasteiger partial charge in [-0.3, -0.25) is 4.79 Å². The van der Waals surface area contributed by atoms with E-state index in [1.807, 2.05) is 4.90 Å². The Balaban J connectivity index is 1.81. The van der Waals surface area contributed by atoms with Gasteiger partial charge in [0.15, 0.2) is 0 Å². The van der Waals surface area contributed by atoms with Crippen LogP contribution in [0.4, 0.5) is 0 Å². The Morgan fingerprint density at radius 3 is 2.38 bits per heavy atom. The van der Waals surface area contributed by atoms with Crippen molar-refractivity contribution in [2.45, 2.75) is 19.8 Å². The predicted molar refractivity (Wildman–Crippen MR) is 62.2 cm³/mol. The third-order valence-corrected chi connectivity index (χ3v) is 3.71. The summed E-state index contributed by atoms with van der Waals surface area (Å²) in [6.07, 6.45) is 2.06. The molecule has 0 N–H and O–H groups in total. The lowest BCUT2D eigenvalue weighted by molar-refractivity contribution is -0.141. The smallest absolute Gasteiger partial charge is 0.225 e. The molecule has 4 heteroatoms. The third kappa shape index (κ3) is 2.74. The van der Waals surface area contributed by atoms with E-state index < -0.39 is 0 Å². The number of ether oxygens (including phenoxy) is 1. The Morgan fingerprint density at radius 1 is 1.19 bits per heavy atom. The second kappa shape index (κ2) is 5.64. The van der Waals surface area contributed by atoms with Crippen molar-refractivity contribution < 1.29 is 9.53 Å². The molecule has 2 aliphatic rings. The van der Waals surface area contributed by atoms with Crippen LogP contribution in [0.25, 0.3) is 0 Å². The molecule has 0 saturated carbocycles. The van der Waals surface area contributed by atoms with Crippen molar-refractivity contribution in [3.63, 3.8) is 0 Å². The fourth-order valence-corrected chi connectivity index (χ4v) is 2.54. The van der Waals surface area contributed by atoms with E-state index in [0.29, 0.717) is 19.1 Å². The van der Waals surface area contributed by atoms with E-state index >= 15 is 0 Å². The molecular weight excluding hydrogens is 204 g/mol. The standard InChI is InChI=1S/C12H22N2O2/c1-2-13-5-3-11(4-6-13)12(15)14-7-9-16-10-8-14/h11H,2-10H2,1H3. The summed E-state index contributed by atoms with van der Waals surface area (Å²) in [5, 5.41) is 0. The van der Waals surface area contributed by atoms with Gasteiger partial charge in [-0.15, -0.1) is 0 Å². The minimum atomic E-state index is 0.265. The van der Waals surface area contributed by atoms with Gasteiger partial charge in [-0.2, -0.15) is 0 Å². The van der Waals surface area contributed by atoms with E-state index in [4.69, 9.17) is 4.74 Å². The van der Waals surface area contributed by atoms with Crippen LogP contribution in [0.2, 0.25) is 0 Å². The normalized spacial score (nSPS) is 24.7. The lowest BCUT2D eigenvalue weighted by Gasteiger charge is -2.35. The van der Waals surface area contributed by atoms with Gasteiger partial charge < -0.3 is 14.5 Å². The van der Waals surface area contributed by atoms with Gasteiger partial charge in [0.2, 0.25) is 5.91 Å². The van der Waals surface area contributed by atoms with E-state index in [9.17, 15) is 4.79 Å². The summed E-state index contributed by atoms with van der Waals surface area (Å²) < 4.78 is 5.27. The van der Waals surface area contributed by atoms with Crippen LogP contribution in [0.1, 0.15) is 19.8 Å². The number of nitrogens with zero attached hydrogens (tertiary/aromatic N) is 2. The molecule has 2 fully saturated rings. The van der Waals surface area contributed by atoms with E-state index in [1.165, 1.54) is 0 Å². The number of rotatable bonds is 2. The molecule has 2 aliphatic heterocycles. The molecular formula is C12H22N2O2. The summed E-state index contributed by atoms with van der Waals surface area (Å²) in [6.45, 7) is 8.44. The maximum Gasteiger partial charge on any atom is 0.225 e. The average molecular weight is 226 g/mol. The first-order valence-corrected chi connectivity index (χ1v) is 6.40. The van der Waals surface area contributed by atoms with E-state index in [1.54, 1.807) is 0 Å². The summed E-state index contributed by atoms with van der Waals surface area (Å²) in [6, 6.07) is 0. The van der Waals surface area contributed by atoms with Crippen LogP contribution in [0.15, 0.2) is 0 Å². The molecule has 4 nitrogen and oxygen atoms in total. The van der Waals surface area contributed by atoms with Crippen LogP contribution in [-0.2, 0) is 9.53 Å². The first-order valence-electron chi connectivity index (χ1n) is 6.40. The van der Waals surface area contributed by atoms with Gasteiger partial charge in [0.05, 0.1) is 13.2 Å². The van der Waals surface area contributed by atoms with Gasteiger partial charge in [-0.1, -0.05) is 6.92 Å². The Kier molecular flexibility index (Phi) is 4.18. The zero-order valence-electron chi connectivity index (χ0n) is 10.2. The van der Waals surface area contributed by atoms with E-state index in [-0.39, 0.29) is 5.92 Å². The largest absolute Gasteiger partial charge is 0.378 e. The number of hydrogen-bond donors (Lipinski definition) is 0. The highest BCUT2D eigenvalue weighted by atomic mass is 16.5. The zero-order valence-corrected chi connectivity index (χ0v) is 10.2. The molecule has 2 saturated heterocycles. The predicted octanol–water partition coefficient (Wildman–Crippen LogP) is 0.577. The Bertz CT molecular complexity index is 231. The van der Waals surface area contributed by atoms with Gasteiger partial charge in [0.25, 0.3) is 0 Å². The van der Waals surface area contributed by atoms with E-state index in [2.05, 4.69) is 11.8 Å². The molecule has 1 amide bonds. The molecule has 0 aliphatic carbocycles. The van der Waals surface area contributed by atoms with Crippen molar-refractivity contribution in [2.24, 2.45) is 5.92 Å². The molecule has 0 aromatic rings. The number of morpholine rings is 1. The molecule has 0 bridgehead atoms. The van der Waals surface area contributed by atoms with Gasteiger partial charge in [0, 0.05) is 19.0 Å². The van der Waals surface area contributed by atoms with Crippen molar-refractivity contribution in [1.29, 1.82) is 0 Å². The monoisotopic (exact) mass is 226 g/mol. The second-order valence-corrected chi connectivity index (χ2v) is 4.65. The Labute approximate surface area is 97.5 Å². The minimum Gasteiger partial charge on any atom is -0.378 e. The zero-order chi connectivity index (χ0) is 11.4. The van der Waals surface area contributed by atoms with Crippen LogP contribution >= 0.6 is 0 Å². The molecule has 2 rings (SSSR count). The molecule has 16 heavy (non-hydrogen) atoms. The lowest BCUT2D eigenvalue weighted by Crippen LogP contribution is -2.46. The van der Waals surface area contributed by atoms with Crippen LogP contribution < -0.4 is 0 Å². The quantitative estimate of drug-likeness (QED) is 0.690. The highest BCUT2D eigenvalue weighted by molar-refractivity contribution is 5.79. The SMILES string of the molecule is CCN1CCC(C(=O)N2CCOCC2)CC1. The van der Waals surface area contributed by atoms with Crippen LogP contribution in [0.5, 0.6) is 0 Å². The maximum absolute atomic E-state index is 12.2. The summed E-state index contributed by atoms with van der Waals surface area (Å²) in [7, 11) is 0. The van der Waals surface area contributed by atoms with Crippen LogP contribution in [-0.4, -0.2) is 61.6 Å². The molecule has 0 aromatic carbocycles. The molecule has 0 unspecified atom stereocenters. The number of amides is 1.